The number of rotatable bonds is 5. The van der Waals surface area contributed by atoms with Crippen LogP contribution in [0.2, 0.25) is 0 Å². The first-order valence-corrected chi connectivity index (χ1v) is 7.12. The van der Waals surface area contributed by atoms with Crippen molar-refractivity contribution in [3.05, 3.63) is 0 Å². The average Bonchev–Trinajstić information content (AvgIpc) is 2.25. The van der Waals surface area contributed by atoms with Gasteiger partial charge in [0.2, 0.25) is 0 Å². The van der Waals surface area contributed by atoms with Gasteiger partial charge in [0.05, 0.1) is 12.8 Å². The molecule has 0 aromatic rings. The summed E-state index contributed by atoms with van der Waals surface area (Å²) in [7, 11) is -4.80. The van der Waals surface area contributed by atoms with Crippen molar-refractivity contribution < 1.29 is 31.5 Å². The lowest BCUT2D eigenvalue weighted by molar-refractivity contribution is -0.152. The lowest BCUT2D eigenvalue weighted by Crippen LogP contribution is -2.21. The third-order valence-electron chi connectivity index (χ3n) is 2.58. The fourth-order valence-corrected chi connectivity index (χ4v) is 2.11. The van der Waals surface area contributed by atoms with Gasteiger partial charge in [0.25, 0.3) is 0 Å². The molecule has 0 saturated heterocycles. The Morgan fingerprint density at radius 3 is 2.17 bits per heavy atom. The molecule has 7 nitrogen and oxygen atoms in total. The summed E-state index contributed by atoms with van der Waals surface area (Å²) in [5.41, 5.74) is 0. The Morgan fingerprint density at radius 2 is 1.61 bits per heavy atom. The molecule has 1 rings (SSSR count). The monoisotopic (exact) mass is 280 g/mol. The van der Waals surface area contributed by atoms with Crippen LogP contribution >= 0.6 is 0 Å². The number of ether oxygens (including phenoxy) is 1. The van der Waals surface area contributed by atoms with Crippen molar-refractivity contribution >= 4 is 22.3 Å². The summed E-state index contributed by atoms with van der Waals surface area (Å²) in [6.07, 6.45) is 4.00. The highest BCUT2D eigenvalue weighted by atomic mass is 32.3. The van der Waals surface area contributed by atoms with E-state index in [9.17, 15) is 18.0 Å². The Hall–Kier alpha value is -1.15. The highest BCUT2D eigenvalue weighted by molar-refractivity contribution is 7.81. The van der Waals surface area contributed by atoms with Crippen LogP contribution in [0.4, 0.5) is 0 Å². The SMILES string of the molecule is O=C(CCC(=O)OS(=O)(=O)O)OC1CCCCC1. The third-order valence-corrected chi connectivity index (χ3v) is 2.98. The van der Waals surface area contributed by atoms with Gasteiger partial charge in [-0.1, -0.05) is 6.42 Å². The second kappa shape index (κ2) is 6.69. The number of hydrogen-bond donors (Lipinski definition) is 1. The molecule has 0 heterocycles. The minimum Gasteiger partial charge on any atom is -0.462 e. The maximum Gasteiger partial charge on any atom is 0.448 e. The third kappa shape index (κ3) is 6.55. The van der Waals surface area contributed by atoms with Gasteiger partial charge in [-0.05, 0) is 25.7 Å². The van der Waals surface area contributed by atoms with Crippen LogP contribution in [0.3, 0.4) is 0 Å². The van der Waals surface area contributed by atoms with E-state index in [1.54, 1.807) is 0 Å². The maximum absolute atomic E-state index is 11.3. The first-order chi connectivity index (χ1) is 8.37. The van der Waals surface area contributed by atoms with Crippen LogP contribution in [0.25, 0.3) is 0 Å². The van der Waals surface area contributed by atoms with Gasteiger partial charge in [-0.2, -0.15) is 8.42 Å². The van der Waals surface area contributed by atoms with E-state index in [4.69, 9.17) is 9.29 Å². The summed E-state index contributed by atoms with van der Waals surface area (Å²) >= 11 is 0. The lowest BCUT2D eigenvalue weighted by Gasteiger charge is -2.21. The Labute approximate surface area is 105 Å². The van der Waals surface area contributed by atoms with Crippen LogP contribution in [-0.4, -0.2) is 31.0 Å². The van der Waals surface area contributed by atoms with E-state index in [0.29, 0.717) is 0 Å². The van der Waals surface area contributed by atoms with Gasteiger partial charge in [-0.3, -0.25) is 14.1 Å². The maximum atomic E-state index is 11.3. The van der Waals surface area contributed by atoms with Crippen LogP contribution in [0.15, 0.2) is 0 Å². The molecule has 1 aliphatic rings. The number of esters is 1. The highest BCUT2D eigenvalue weighted by Gasteiger charge is 2.19. The Bertz CT molecular complexity index is 394. The fourth-order valence-electron chi connectivity index (χ4n) is 1.79. The molecule has 1 fully saturated rings. The summed E-state index contributed by atoms with van der Waals surface area (Å²) < 4.78 is 37.4. The molecule has 0 bridgehead atoms. The topological polar surface area (TPSA) is 107 Å². The first kappa shape index (κ1) is 14.9. The standard InChI is InChI=1S/C10H16O7S/c11-9(16-8-4-2-1-3-5-8)6-7-10(12)17-18(13,14)15/h8H,1-7H2,(H,13,14,15). The van der Waals surface area contributed by atoms with Crippen molar-refractivity contribution in [3.8, 4) is 0 Å². The molecule has 1 saturated carbocycles. The molecule has 1 N–H and O–H groups in total. The molecule has 0 spiro atoms. The molecule has 0 atom stereocenters. The van der Waals surface area contributed by atoms with E-state index >= 15 is 0 Å². The molecule has 1 aliphatic carbocycles. The predicted molar refractivity (Wildman–Crippen MR) is 59.8 cm³/mol. The largest absolute Gasteiger partial charge is 0.462 e. The molecule has 0 aromatic carbocycles. The lowest BCUT2D eigenvalue weighted by atomic mass is 9.98. The Kier molecular flexibility index (Phi) is 5.54. The van der Waals surface area contributed by atoms with E-state index in [1.165, 1.54) is 0 Å². The zero-order valence-corrected chi connectivity index (χ0v) is 10.6. The molecular weight excluding hydrogens is 264 g/mol. The molecule has 104 valence electrons. The van der Waals surface area contributed by atoms with Gasteiger partial charge in [-0.25, -0.2) is 0 Å². The molecule has 0 radical (unpaired) electrons. The van der Waals surface area contributed by atoms with Gasteiger partial charge >= 0.3 is 22.3 Å². The van der Waals surface area contributed by atoms with Gasteiger partial charge < -0.3 is 8.92 Å². The highest BCUT2D eigenvalue weighted by Crippen LogP contribution is 2.20. The molecular formula is C10H16O7S. The van der Waals surface area contributed by atoms with Crippen LogP contribution in [0.5, 0.6) is 0 Å². The second-order valence-corrected chi connectivity index (χ2v) is 5.16. The van der Waals surface area contributed by atoms with E-state index in [0.717, 1.165) is 32.1 Å². The Morgan fingerprint density at radius 1 is 1.06 bits per heavy atom. The smallest absolute Gasteiger partial charge is 0.448 e. The average molecular weight is 280 g/mol. The summed E-state index contributed by atoms with van der Waals surface area (Å²) in [5, 5.41) is 0. The van der Waals surface area contributed by atoms with Gasteiger partial charge in [-0.15, -0.1) is 0 Å². The number of hydrogen-bond acceptors (Lipinski definition) is 6. The normalized spacial score (nSPS) is 17.2. The van der Waals surface area contributed by atoms with Crippen molar-refractivity contribution in [1.29, 1.82) is 0 Å². The second-order valence-electron chi connectivity index (χ2n) is 4.13. The minimum atomic E-state index is -4.80. The van der Waals surface area contributed by atoms with Gasteiger partial charge in [0.15, 0.2) is 0 Å². The van der Waals surface area contributed by atoms with E-state index in [1.807, 2.05) is 0 Å². The zero-order valence-electron chi connectivity index (χ0n) is 9.83. The van der Waals surface area contributed by atoms with E-state index in [2.05, 4.69) is 4.18 Å². The molecule has 0 aliphatic heterocycles. The molecule has 0 unspecified atom stereocenters. The molecule has 18 heavy (non-hydrogen) atoms. The van der Waals surface area contributed by atoms with Crippen molar-refractivity contribution in [3.63, 3.8) is 0 Å². The summed E-state index contributed by atoms with van der Waals surface area (Å²) in [6.45, 7) is 0. The van der Waals surface area contributed by atoms with Crippen molar-refractivity contribution in [2.75, 3.05) is 0 Å². The van der Waals surface area contributed by atoms with Crippen LogP contribution < -0.4 is 0 Å². The quantitative estimate of drug-likeness (QED) is 0.591. The van der Waals surface area contributed by atoms with Crippen LogP contribution in [-0.2, 0) is 28.9 Å². The summed E-state index contributed by atoms with van der Waals surface area (Å²) in [6, 6.07) is 0. The van der Waals surface area contributed by atoms with Crippen molar-refractivity contribution in [1.82, 2.24) is 0 Å². The van der Waals surface area contributed by atoms with E-state index < -0.39 is 28.8 Å². The zero-order chi connectivity index (χ0) is 13.6. The van der Waals surface area contributed by atoms with Crippen molar-refractivity contribution in [2.24, 2.45) is 0 Å². The summed E-state index contributed by atoms with van der Waals surface area (Å²) in [4.78, 5) is 22.2. The van der Waals surface area contributed by atoms with Crippen molar-refractivity contribution in [2.45, 2.75) is 51.0 Å². The van der Waals surface area contributed by atoms with Crippen LogP contribution in [0, 0.1) is 0 Å². The predicted octanol–water partition coefficient (Wildman–Crippen LogP) is 0.988. The van der Waals surface area contributed by atoms with E-state index in [-0.39, 0.29) is 12.5 Å². The number of carbonyl (C=O) groups excluding carboxylic acids is 2. The first-order valence-electron chi connectivity index (χ1n) is 5.76. The fraction of sp³-hybridized carbons (Fsp3) is 0.800. The molecule has 8 heteroatoms. The minimum absolute atomic E-state index is 0.108. The molecule has 0 aromatic heterocycles. The molecule has 0 amide bonds. The van der Waals surface area contributed by atoms with Gasteiger partial charge in [0, 0.05) is 0 Å². The Balaban J connectivity index is 2.22. The summed E-state index contributed by atoms with van der Waals surface area (Å²) in [5.74, 6) is -1.74. The number of carbonyl (C=O) groups is 2. The van der Waals surface area contributed by atoms with Gasteiger partial charge in [0.1, 0.15) is 6.10 Å². The van der Waals surface area contributed by atoms with Crippen LogP contribution in [0.1, 0.15) is 44.9 Å².